The number of hydrogen-bond donors (Lipinski definition) is 4. The van der Waals surface area contributed by atoms with Crippen molar-refractivity contribution in [3.05, 3.63) is 22.8 Å². The van der Waals surface area contributed by atoms with Gasteiger partial charge in [0.2, 0.25) is 0 Å². The van der Waals surface area contributed by atoms with Gasteiger partial charge in [-0.2, -0.15) is 0 Å². The van der Waals surface area contributed by atoms with Crippen molar-refractivity contribution in [1.29, 1.82) is 0 Å². The van der Waals surface area contributed by atoms with E-state index in [1.165, 1.54) is 6.07 Å². The van der Waals surface area contributed by atoms with Crippen molar-refractivity contribution in [3.63, 3.8) is 0 Å². The predicted molar refractivity (Wildman–Crippen MR) is 123 cm³/mol. The Balaban J connectivity index is 1.59. The Kier molecular flexibility index (Phi) is 5.06. The number of aliphatic hydroxyl groups is 2. The third-order valence-electron chi connectivity index (χ3n) is 9.96. The molecule has 1 aromatic rings. The minimum atomic E-state index is -1.36. The summed E-state index contributed by atoms with van der Waals surface area (Å²) in [5, 5.41) is 40.9. The molecule has 1 aromatic carbocycles. The van der Waals surface area contributed by atoms with Crippen molar-refractivity contribution in [2.24, 2.45) is 22.7 Å². The number of carboxylic acid groups (broad SMARTS) is 1. The molecular weight excluding hydrogens is 438 g/mol. The molecule has 8 heteroatoms. The molecule has 2 heterocycles. The van der Waals surface area contributed by atoms with Gasteiger partial charge in [-0.1, -0.05) is 27.7 Å². The maximum absolute atomic E-state index is 13.1. The van der Waals surface area contributed by atoms with Crippen LogP contribution in [0.2, 0.25) is 0 Å². The quantitative estimate of drug-likeness (QED) is 0.531. The summed E-state index contributed by atoms with van der Waals surface area (Å²) in [4.78, 5) is 25.8. The van der Waals surface area contributed by atoms with Crippen LogP contribution < -0.4 is 4.74 Å². The molecule has 0 aromatic heterocycles. The lowest BCUT2D eigenvalue weighted by atomic mass is 9.43. The van der Waals surface area contributed by atoms with E-state index in [-0.39, 0.29) is 46.6 Å². The number of carbonyl (C=O) groups excluding carboxylic acids is 1. The number of fused-ring (bicyclic) bond motifs is 5. The highest BCUT2D eigenvalue weighted by Crippen LogP contribution is 2.67. The molecular formula is C26H35NO7. The molecule has 6 atom stereocenters. The molecule has 0 bridgehead atoms. The van der Waals surface area contributed by atoms with Crippen LogP contribution in [0.25, 0.3) is 0 Å². The molecule has 34 heavy (non-hydrogen) atoms. The van der Waals surface area contributed by atoms with Gasteiger partial charge in [0.25, 0.3) is 5.91 Å². The second-order valence-electron chi connectivity index (χ2n) is 11.7. The van der Waals surface area contributed by atoms with E-state index < -0.39 is 30.1 Å². The number of phenolic OH excluding ortho intramolecular Hbond substituents is 1. The van der Waals surface area contributed by atoms with E-state index in [4.69, 9.17) is 4.74 Å². The summed E-state index contributed by atoms with van der Waals surface area (Å²) in [5.74, 6) is -0.897. The fourth-order valence-corrected chi connectivity index (χ4v) is 7.85. The molecule has 0 saturated heterocycles. The van der Waals surface area contributed by atoms with Crippen LogP contribution in [-0.4, -0.2) is 61.6 Å². The number of carboxylic acids is 1. The lowest BCUT2D eigenvalue weighted by molar-refractivity contribution is -0.210. The Morgan fingerprint density at radius 2 is 1.94 bits per heavy atom. The summed E-state index contributed by atoms with van der Waals surface area (Å²) < 4.78 is 6.91. The van der Waals surface area contributed by atoms with Crippen LogP contribution in [0.1, 0.15) is 74.9 Å². The van der Waals surface area contributed by atoms with E-state index >= 15 is 0 Å². The monoisotopic (exact) mass is 473 g/mol. The largest absolute Gasteiger partial charge is 0.508 e. The zero-order chi connectivity index (χ0) is 24.8. The predicted octanol–water partition coefficient (Wildman–Crippen LogP) is 2.70. The number of ether oxygens (including phenoxy) is 1. The van der Waals surface area contributed by atoms with Crippen molar-refractivity contribution >= 4 is 11.9 Å². The average Bonchev–Trinajstić information content (AvgIpc) is 3.32. The Morgan fingerprint density at radius 3 is 2.59 bits per heavy atom. The van der Waals surface area contributed by atoms with E-state index in [1.54, 1.807) is 0 Å². The van der Waals surface area contributed by atoms with Crippen LogP contribution in [0, 0.1) is 22.7 Å². The van der Waals surface area contributed by atoms with Gasteiger partial charge in [0.05, 0.1) is 24.8 Å². The average molecular weight is 474 g/mol. The number of rotatable bonds is 3. The number of nitrogens with zero attached hydrogens (tertiary/aromatic N) is 1. The molecule has 5 rings (SSSR count). The SMILES string of the molecule is CC1CCC2C(C)(C)C(O)CCC2(C)C12Cc1c(O)cc3c(c1O2)CN(C(CO)C(=O)O)C3=O. The maximum Gasteiger partial charge on any atom is 0.328 e. The van der Waals surface area contributed by atoms with Crippen LogP contribution in [-0.2, 0) is 17.8 Å². The van der Waals surface area contributed by atoms with E-state index in [0.29, 0.717) is 29.7 Å². The molecule has 2 fully saturated rings. The highest BCUT2D eigenvalue weighted by molar-refractivity contribution is 6.02. The summed E-state index contributed by atoms with van der Waals surface area (Å²) in [7, 11) is 0. The van der Waals surface area contributed by atoms with Gasteiger partial charge in [0, 0.05) is 23.0 Å². The highest BCUT2D eigenvalue weighted by atomic mass is 16.5. The minimum Gasteiger partial charge on any atom is -0.508 e. The van der Waals surface area contributed by atoms with Crippen LogP contribution >= 0.6 is 0 Å². The number of carbonyl (C=O) groups is 2. The Morgan fingerprint density at radius 1 is 1.24 bits per heavy atom. The van der Waals surface area contributed by atoms with Gasteiger partial charge in [-0.05, 0) is 49.0 Å². The summed E-state index contributed by atoms with van der Waals surface area (Å²) in [6, 6.07) is 0.0704. The highest BCUT2D eigenvalue weighted by Gasteiger charge is 2.67. The third kappa shape index (κ3) is 2.78. The zero-order valence-electron chi connectivity index (χ0n) is 20.3. The molecule has 2 aliphatic heterocycles. The number of aliphatic hydroxyl groups excluding tert-OH is 2. The van der Waals surface area contributed by atoms with Crippen LogP contribution in [0.5, 0.6) is 11.5 Å². The molecule has 1 spiro atoms. The number of amides is 1. The van der Waals surface area contributed by atoms with Gasteiger partial charge in [-0.15, -0.1) is 0 Å². The van der Waals surface area contributed by atoms with Crippen molar-refractivity contribution in [2.75, 3.05) is 6.61 Å². The summed E-state index contributed by atoms with van der Waals surface area (Å²) >= 11 is 0. The zero-order valence-corrected chi connectivity index (χ0v) is 20.3. The van der Waals surface area contributed by atoms with Gasteiger partial charge in [0.1, 0.15) is 17.1 Å². The van der Waals surface area contributed by atoms with Crippen molar-refractivity contribution in [2.45, 2.75) is 84.1 Å². The van der Waals surface area contributed by atoms with Gasteiger partial charge >= 0.3 is 5.97 Å². The van der Waals surface area contributed by atoms with Gasteiger partial charge < -0.3 is 30.1 Å². The Hall–Kier alpha value is -2.32. The van der Waals surface area contributed by atoms with Crippen LogP contribution in [0.3, 0.4) is 0 Å². The van der Waals surface area contributed by atoms with E-state index in [1.807, 2.05) is 0 Å². The second kappa shape index (κ2) is 7.34. The first-order valence-electron chi connectivity index (χ1n) is 12.3. The Bertz CT molecular complexity index is 1070. The topological polar surface area (TPSA) is 128 Å². The fourth-order valence-electron chi connectivity index (χ4n) is 7.85. The fraction of sp³-hybridized carbons (Fsp3) is 0.692. The third-order valence-corrected chi connectivity index (χ3v) is 9.96. The molecule has 2 saturated carbocycles. The number of aliphatic carboxylic acids is 1. The lowest BCUT2D eigenvalue weighted by Crippen LogP contribution is -2.66. The number of hydrogen-bond acceptors (Lipinski definition) is 6. The standard InChI is InChI=1S/C26H35NO7/c1-13-5-6-19-24(2,3)20(30)7-8-25(19,4)26(13)10-15-18(29)9-14-16(21(15)34-26)11-27(22(14)31)17(12-28)23(32)33/h9,13,17,19-20,28-30H,5-8,10-12H2,1-4H3,(H,32,33). The molecule has 186 valence electrons. The number of aromatic hydroxyl groups is 1. The summed E-state index contributed by atoms with van der Waals surface area (Å²) in [6.07, 6.45) is 3.55. The van der Waals surface area contributed by atoms with E-state index in [2.05, 4.69) is 27.7 Å². The summed E-state index contributed by atoms with van der Waals surface area (Å²) in [5.41, 5.74) is 0.372. The molecule has 2 aliphatic carbocycles. The van der Waals surface area contributed by atoms with Crippen molar-refractivity contribution in [3.8, 4) is 11.5 Å². The minimum absolute atomic E-state index is 0.00951. The Labute approximate surface area is 199 Å². The van der Waals surface area contributed by atoms with E-state index in [9.17, 15) is 30.0 Å². The molecule has 4 N–H and O–H groups in total. The first kappa shape index (κ1) is 23.4. The van der Waals surface area contributed by atoms with Gasteiger partial charge in [-0.25, -0.2) is 4.79 Å². The normalized spacial score (nSPS) is 36.6. The number of benzene rings is 1. The first-order chi connectivity index (χ1) is 15.9. The molecule has 0 radical (unpaired) electrons. The van der Waals surface area contributed by atoms with Crippen molar-refractivity contribution in [1.82, 2.24) is 4.90 Å². The molecule has 6 unspecified atom stereocenters. The maximum atomic E-state index is 13.1. The summed E-state index contributed by atoms with van der Waals surface area (Å²) in [6.45, 7) is 8.04. The van der Waals surface area contributed by atoms with E-state index in [0.717, 1.165) is 24.2 Å². The molecule has 4 aliphatic rings. The lowest BCUT2D eigenvalue weighted by Gasteiger charge is -2.64. The molecule has 8 nitrogen and oxygen atoms in total. The molecule has 1 amide bonds. The first-order valence-corrected chi connectivity index (χ1v) is 12.3. The van der Waals surface area contributed by atoms with Gasteiger partial charge in [0.15, 0.2) is 6.04 Å². The number of phenols is 1. The van der Waals surface area contributed by atoms with Crippen LogP contribution in [0.15, 0.2) is 6.07 Å². The van der Waals surface area contributed by atoms with Crippen LogP contribution in [0.4, 0.5) is 0 Å². The smallest absolute Gasteiger partial charge is 0.328 e. The van der Waals surface area contributed by atoms with Gasteiger partial charge in [-0.3, -0.25) is 4.79 Å². The second-order valence-corrected chi connectivity index (χ2v) is 11.7. The van der Waals surface area contributed by atoms with Crippen molar-refractivity contribution < 1.29 is 34.8 Å².